The van der Waals surface area contributed by atoms with Crippen molar-refractivity contribution in [2.75, 3.05) is 17.7 Å². The lowest BCUT2D eigenvalue weighted by Crippen LogP contribution is -2.35. The lowest BCUT2D eigenvalue weighted by Gasteiger charge is -2.37. The fraction of sp³-hybridized carbons (Fsp3) is 0.381. The number of carbonyl (C=O) groups excluding carboxylic acids is 1. The standard InChI is InChI=1S/C21H25ClN4O3S/c1-15(10-12-30(2,28)29)25-21(27)18-13-24-20(14-23-18)26-11-6-5-9-19(26)16-7-3-4-8-17(16)22/h3-4,7-8,10,12-15,19H,5-6,9,11H2,1-2H3,(H,25,27)/b12-10+/t15-,19?/m1/s1. The highest BCUT2D eigenvalue weighted by Crippen LogP contribution is 2.36. The summed E-state index contributed by atoms with van der Waals surface area (Å²) in [5, 5.41) is 4.48. The average molecular weight is 449 g/mol. The topological polar surface area (TPSA) is 92.3 Å². The normalized spacial score (nSPS) is 18.4. The van der Waals surface area contributed by atoms with Crippen molar-refractivity contribution in [1.82, 2.24) is 15.3 Å². The van der Waals surface area contributed by atoms with Gasteiger partial charge in [-0.25, -0.2) is 18.4 Å². The summed E-state index contributed by atoms with van der Waals surface area (Å²) in [6, 6.07) is 7.47. The van der Waals surface area contributed by atoms with Crippen molar-refractivity contribution in [3.8, 4) is 0 Å². The minimum Gasteiger partial charge on any atom is -0.348 e. The van der Waals surface area contributed by atoms with Crippen LogP contribution < -0.4 is 10.2 Å². The first-order valence-corrected chi connectivity index (χ1v) is 12.1. The number of anilines is 1. The Kier molecular flexibility index (Phi) is 7.10. The summed E-state index contributed by atoms with van der Waals surface area (Å²) in [5.41, 5.74) is 1.23. The van der Waals surface area contributed by atoms with Gasteiger partial charge in [-0.3, -0.25) is 4.79 Å². The van der Waals surface area contributed by atoms with Crippen LogP contribution in [0.25, 0.3) is 0 Å². The van der Waals surface area contributed by atoms with Gasteiger partial charge in [0.1, 0.15) is 11.5 Å². The van der Waals surface area contributed by atoms with Gasteiger partial charge < -0.3 is 10.2 Å². The summed E-state index contributed by atoms with van der Waals surface area (Å²) in [7, 11) is -3.24. The number of hydrogen-bond donors (Lipinski definition) is 1. The van der Waals surface area contributed by atoms with Crippen LogP contribution in [-0.4, -0.2) is 43.1 Å². The van der Waals surface area contributed by atoms with Gasteiger partial charge >= 0.3 is 0 Å². The zero-order valence-electron chi connectivity index (χ0n) is 17.0. The summed E-state index contributed by atoms with van der Waals surface area (Å²) in [4.78, 5) is 23.3. The van der Waals surface area contributed by atoms with Crippen LogP contribution in [0.2, 0.25) is 5.02 Å². The molecule has 2 atom stereocenters. The summed E-state index contributed by atoms with van der Waals surface area (Å²) in [6.45, 7) is 2.52. The van der Waals surface area contributed by atoms with E-state index in [4.69, 9.17) is 11.6 Å². The van der Waals surface area contributed by atoms with Crippen LogP contribution >= 0.6 is 11.6 Å². The first-order valence-electron chi connectivity index (χ1n) is 9.77. The Bertz CT molecular complexity index is 1020. The largest absolute Gasteiger partial charge is 0.348 e. The third-order valence-corrected chi connectivity index (χ3v) is 5.90. The zero-order valence-corrected chi connectivity index (χ0v) is 18.5. The van der Waals surface area contributed by atoms with E-state index in [0.29, 0.717) is 5.82 Å². The first-order chi connectivity index (χ1) is 14.2. The molecule has 1 aromatic carbocycles. The number of nitrogens with one attached hydrogen (secondary N) is 1. The van der Waals surface area contributed by atoms with E-state index in [1.54, 1.807) is 13.1 Å². The van der Waals surface area contributed by atoms with Gasteiger partial charge in [-0.15, -0.1) is 0 Å². The van der Waals surface area contributed by atoms with Crippen molar-refractivity contribution < 1.29 is 13.2 Å². The van der Waals surface area contributed by atoms with Gasteiger partial charge in [-0.05, 0) is 37.8 Å². The molecule has 1 aromatic heterocycles. The second kappa shape index (κ2) is 9.57. The Morgan fingerprint density at radius 1 is 1.27 bits per heavy atom. The molecule has 2 aromatic rings. The monoisotopic (exact) mass is 448 g/mol. The second-order valence-corrected chi connectivity index (χ2v) is 9.74. The molecule has 1 amide bonds. The van der Waals surface area contributed by atoms with Crippen LogP contribution in [0.3, 0.4) is 0 Å². The van der Waals surface area contributed by atoms with Crippen LogP contribution in [0.15, 0.2) is 48.1 Å². The summed E-state index contributed by atoms with van der Waals surface area (Å²) < 4.78 is 22.4. The Balaban J connectivity index is 1.73. The molecule has 7 nitrogen and oxygen atoms in total. The average Bonchev–Trinajstić information content (AvgIpc) is 2.72. The predicted octanol–water partition coefficient (Wildman–Crippen LogP) is 3.54. The maximum absolute atomic E-state index is 12.4. The zero-order chi connectivity index (χ0) is 21.7. The highest BCUT2D eigenvalue weighted by atomic mass is 35.5. The lowest BCUT2D eigenvalue weighted by molar-refractivity contribution is 0.0941. The van der Waals surface area contributed by atoms with E-state index in [-0.39, 0.29) is 11.7 Å². The van der Waals surface area contributed by atoms with Gasteiger partial charge in [0.05, 0.1) is 18.4 Å². The van der Waals surface area contributed by atoms with Crippen LogP contribution in [0.1, 0.15) is 48.3 Å². The molecular formula is C21H25ClN4O3S. The van der Waals surface area contributed by atoms with E-state index in [1.165, 1.54) is 12.3 Å². The molecule has 0 bridgehead atoms. The van der Waals surface area contributed by atoms with Gasteiger partial charge in [-0.1, -0.05) is 35.9 Å². The molecule has 1 aliphatic heterocycles. The molecule has 9 heteroatoms. The molecule has 0 radical (unpaired) electrons. The predicted molar refractivity (Wildman–Crippen MR) is 118 cm³/mol. The van der Waals surface area contributed by atoms with Crippen molar-refractivity contribution >= 4 is 33.2 Å². The second-order valence-electron chi connectivity index (χ2n) is 7.41. The number of carbonyl (C=O) groups is 1. The number of amides is 1. The van der Waals surface area contributed by atoms with E-state index >= 15 is 0 Å². The number of rotatable bonds is 6. The molecule has 1 fully saturated rings. The van der Waals surface area contributed by atoms with Gasteiger partial charge in [0.15, 0.2) is 9.84 Å². The molecule has 0 aliphatic carbocycles. The Labute approximate surface area is 182 Å². The molecule has 2 heterocycles. The molecule has 160 valence electrons. The number of sulfone groups is 1. The van der Waals surface area contributed by atoms with Crippen molar-refractivity contribution in [1.29, 1.82) is 0 Å². The first kappa shape index (κ1) is 22.2. The molecule has 1 saturated heterocycles. The Morgan fingerprint density at radius 2 is 2.03 bits per heavy atom. The summed E-state index contributed by atoms with van der Waals surface area (Å²) in [5.74, 6) is 0.280. The molecular weight excluding hydrogens is 424 g/mol. The smallest absolute Gasteiger partial charge is 0.271 e. The number of piperidine rings is 1. The molecule has 0 spiro atoms. The molecule has 3 rings (SSSR count). The van der Waals surface area contributed by atoms with Crippen LogP contribution in [-0.2, 0) is 9.84 Å². The SMILES string of the molecule is C[C@H](/C=C/S(C)(=O)=O)NC(=O)c1cnc(N2CCCCC2c2ccccc2Cl)cn1. The summed E-state index contributed by atoms with van der Waals surface area (Å²) in [6.07, 6.45) is 8.68. The number of nitrogens with zero attached hydrogens (tertiary/aromatic N) is 3. The highest BCUT2D eigenvalue weighted by Gasteiger charge is 2.27. The van der Waals surface area contributed by atoms with Crippen molar-refractivity contribution in [2.45, 2.75) is 38.3 Å². The van der Waals surface area contributed by atoms with Gasteiger partial charge in [0.2, 0.25) is 0 Å². The van der Waals surface area contributed by atoms with E-state index in [9.17, 15) is 13.2 Å². The summed E-state index contributed by atoms with van der Waals surface area (Å²) >= 11 is 6.42. The molecule has 1 aliphatic rings. The number of aromatic nitrogens is 2. The third-order valence-electron chi connectivity index (χ3n) is 4.91. The number of hydrogen-bond acceptors (Lipinski definition) is 6. The quantitative estimate of drug-likeness (QED) is 0.726. The minimum atomic E-state index is -3.24. The third kappa shape index (κ3) is 5.79. The van der Waals surface area contributed by atoms with Crippen LogP contribution in [0, 0.1) is 0 Å². The number of halogens is 1. The van der Waals surface area contributed by atoms with Gasteiger partial charge in [0.25, 0.3) is 5.91 Å². The lowest BCUT2D eigenvalue weighted by atomic mass is 9.95. The van der Waals surface area contributed by atoms with Crippen molar-refractivity contribution in [2.24, 2.45) is 0 Å². The Morgan fingerprint density at radius 3 is 2.70 bits per heavy atom. The number of benzene rings is 1. The molecule has 0 saturated carbocycles. The van der Waals surface area contributed by atoms with Crippen LogP contribution in [0.5, 0.6) is 0 Å². The van der Waals surface area contributed by atoms with E-state index < -0.39 is 21.8 Å². The van der Waals surface area contributed by atoms with Gasteiger partial charge in [0, 0.05) is 29.3 Å². The van der Waals surface area contributed by atoms with Gasteiger partial charge in [-0.2, -0.15) is 0 Å². The highest BCUT2D eigenvalue weighted by molar-refractivity contribution is 7.93. The fourth-order valence-corrected chi connectivity index (χ4v) is 4.23. The fourth-order valence-electron chi connectivity index (χ4n) is 3.45. The van der Waals surface area contributed by atoms with Crippen molar-refractivity contribution in [3.05, 3.63) is 64.4 Å². The molecule has 30 heavy (non-hydrogen) atoms. The molecule has 1 N–H and O–H groups in total. The Hall–Kier alpha value is -2.45. The van der Waals surface area contributed by atoms with E-state index in [0.717, 1.165) is 48.1 Å². The minimum absolute atomic E-state index is 0.113. The van der Waals surface area contributed by atoms with E-state index in [1.807, 2.05) is 24.3 Å². The molecule has 1 unspecified atom stereocenters. The maximum Gasteiger partial charge on any atom is 0.271 e. The van der Waals surface area contributed by atoms with Crippen molar-refractivity contribution in [3.63, 3.8) is 0 Å². The van der Waals surface area contributed by atoms with Crippen LogP contribution in [0.4, 0.5) is 5.82 Å². The maximum atomic E-state index is 12.4. The van der Waals surface area contributed by atoms with E-state index in [2.05, 4.69) is 20.2 Å².